The maximum Gasteiger partial charge on any atom is 0.407 e. The van der Waals surface area contributed by atoms with Crippen molar-refractivity contribution in [3.05, 3.63) is 84.6 Å². The highest BCUT2D eigenvalue weighted by molar-refractivity contribution is 5.92. The number of fused-ring (bicyclic) bond motifs is 1. The molecule has 2 aliphatic heterocycles. The fourth-order valence-corrected chi connectivity index (χ4v) is 9.34. The van der Waals surface area contributed by atoms with Crippen molar-refractivity contribution in [2.24, 2.45) is 29.6 Å². The minimum atomic E-state index is -0.864. The van der Waals surface area contributed by atoms with Crippen molar-refractivity contribution >= 4 is 40.9 Å². The zero-order valence-electron chi connectivity index (χ0n) is 40.2. The predicted octanol–water partition coefficient (Wildman–Crippen LogP) is 8.01. The zero-order valence-corrected chi connectivity index (χ0v) is 40.2. The lowest BCUT2D eigenvalue weighted by atomic mass is 9.99. The second kappa shape index (κ2) is 20.4. The number of rotatable bonds is 14. The van der Waals surface area contributed by atoms with Crippen molar-refractivity contribution in [3.63, 3.8) is 0 Å². The smallest absolute Gasteiger partial charge is 0.407 e. The average molecular weight is 916 g/mol. The van der Waals surface area contributed by atoms with E-state index in [-0.39, 0.29) is 53.5 Å². The second-order valence-electron chi connectivity index (χ2n) is 19.3. The molecular weight excluding hydrogens is 851 g/mol. The summed E-state index contributed by atoms with van der Waals surface area (Å²) in [6, 6.07) is 19.9. The molecule has 5 amide bonds. The van der Waals surface area contributed by atoms with Crippen LogP contribution in [0.2, 0.25) is 0 Å². The number of aromatic amines is 2. The highest BCUT2D eigenvalue weighted by atomic mass is 16.5. The van der Waals surface area contributed by atoms with Crippen LogP contribution in [0.3, 0.4) is 0 Å². The van der Waals surface area contributed by atoms with Gasteiger partial charge in [-0.25, -0.2) is 19.6 Å². The van der Waals surface area contributed by atoms with E-state index in [1.165, 1.54) is 14.2 Å². The molecule has 2 aliphatic rings. The first-order valence-corrected chi connectivity index (χ1v) is 23.3. The Morgan fingerprint density at radius 1 is 0.597 bits per heavy atom. The number of carbonyl (C=O) groups is 5. The van der Waals surface area contributed by atoms with Gasteiger partial charge >= 0.3 is 12.2 Å². The molecule has 2 saturated heterocycles. The highest BCUT2D eigenvalue weighted by Crippen LogP contribution is 2.38. The monoisotopic (exact) mass is 916 g/mol. The Hall–Kier alpha value is -6.71. The maximum atomic E-state index is 14.2. The molecule has 356 valence electrons. The van der Waals surface area contributed by atoms with Gasteiger partial charge in [0.15, 0.2) is 0 Å². The van der Waals surface area contributed by atoms with Gasteiger partial charge < -0.3 is 45.2 Å². The number of benzene rings is 3. The topological polar surface area (TPSA) is 204 Å². The molecule has 4 heterocycles. The van der Waals surface area contributed by atoms with E-state index < -0.39 is 36.2 Å². The largest absolute Gasteiger partial charge is 0.453 e. The first kappa shape index (κ1) is 48.2. The normalized spacial score (nSPS) is 19.7. The van der Waals surface area contributed by atoms with Crippen LogP contribution in [0.15, 0.2) is 72.9 Å². The van der Waals surface area contributed by atoms with Crippen molar-refractivity contribution < 1.29 is 33.4 Å². The lowest BCUT2D eigenvalue weighted by molar-refractivity contribution is -0.139. The number of amides is 5. The summed E-state index contributed by atoms with van der Waals surface area (Å²) in [7, 11) is 2.54. The minimum absolute atomic E-state index is 0.124. The summed E-state index contributed by atoms with van der Waals surface area (Å²) in [6.07, 6.45) is 2.01. The summed E-state index contributed by atoms with van der Waals surface area (Å²) in [5.74, 6) is 0.575. The predicted molar refractivity (Wildman–Crippen MR) is 256 cm³/mol. The molecule has 16 nitrogen and oxygen atoms in total. The Labute approximate surface area is 392 Å². The number of likely N-dealkylation sites (tertiary alicyclic amines) is 2. The number of hydrogen-bond donors (Lipinski definition) is 5. The third kappa shape index (κ3) is 10.6. The van der Waals surface area contributed by atoms with Crippen LogP contribution >= 0.6 is 0 Å². The molecule has 0 bridgehead atoms. The van der Waals surface area contributed by atoms with Crippen molar-refractivity contribution in [3.8, 4) is 33.5 Å². The zero-order chi connectivity index (χ0) is 48.3. The van der Waals surface area contributed by atoms with Gasteiger partial charge in [0.1, 0.15) is 29.8 Å². The Morgan fingerprint density at radius 3 is 1.55 bits per heavy atom. The SMILES string of the molecule is COC(=O)N[C@H](C(=O)N[C@H](C(=O)N1C[C@@H](C)C[C@H]1c1nc(-c2ccc(-c3ccc(-c4ccc5[nH]c([C@@H]6C[C@H](C)CN6C(=O)[C@@H](NC(=O)OC)C(C)C)nc5c4)cc3)cc2)c[nH]1)C(C)C)C(C)C. The number of carbonyl (C=O) groups excluding carboxylic acids is 5. The number of aromatic nitrogens is 4. The molecule has 2 fully saturated rings. The van der Waals surface area contributed by atoms with E-state index >= 15 is 0 Å². The van der Waals surface area contributed by atoms with Crippen LogP contribution in [0, 0.1) is 29.6 Å². The van der Waals surface area contributed by atoms with Crippen LogP contribution in [0.1, 0.15) is 92.0 Å². The number of nitrogens with zero attached hydrogens (tertiary/aromatic N) is 4. The second-order valence-corrected chi connectivity index (χ2v) is 19.3. The van der Waals surface area contributed by atoms with E-state index in [1.807, 2.05) is 75.7 Å². The van der Waals surface area contributed by atoms with Gasteiger partial charge in [0.2, 0.25) is 17.7 Å². The van der Waals surface area contributed by atoms with E-state index in [2.05, 4.69) is 88.3 Å². The van der Waals surface area contributed by atoms with Gasteiger partial charge in [-0.3, -0.25) is 14.4 Å². The van der Waals surface area contributed by atoms with E-state index in [9.17, 15) is 24.0 Å². The van der Waals surface area contributed by atoms with Gasteiger partial charge in [-0.1, -0.05) is 110 Å². The summed E-state index contributed by atoms with van der Waals surface area (Å²) >= 11 is 0. The van der Waals surface area contributed by atoms with Gasteiger partial charge in [-0.15, -0.1) is 0 Å². The molecule has 7 rings (SSSR count). The van der Waals surface area contributed by atoms with Crippen LogP contribution < -0.4 is 16.0 Å². The van der Waals surface area contributed by atoms with Gasteiger partial charge in [-0.05, 0) is 76.8 Å². The third-order valence-electron chi connectivity index (χ3n) is 13.1. The molecule has 16 heteroatoms. The van der Waals surface area contributed by atoms with Gasteiger partial charge in [0.05, 0.1) is 43.0 Å². The third-order valence-corrected chi connectivity index (χ3v) is 13.1. The van der Waals surface area contributed by atoms with Gasteiger partial charge in [0.25, 0.3) is 0 Å². The summed E-state index contributed by atoms with van der Waals surface area (Å²) in [5, 5.41) is 8.24. The van der Waals surface area contributed by atoms with E-state index in [0.717, 1.165) is 63.2 Å². The molecule has 0 spiro atoms. The van der Waals surface area contributed by atoms with Crippen LogP contribution in [-0.4, -0.2) is 105 Å². The molecule has 0 radical (unpaired) electrons. The fourth-order valence-electron chi connectivity index (χ4n) is 9.34. The Bertz CT molecular complexity index is 2570. The van der Waals surface area contributed by atoms with Crippen molar-refractivity contribution in [1.82, 2.24) is 45.7 Å². The Balaban J connectivity index is 1.02. The lowest BCUT2D eigenvalue weighted by Gasteiger charge is -2.32. The molecule has 7 atom stereocenters. The van der Waals surface area contributed by atoms with Crippen LogP contribution in [0.5, 0.6) is 0 Å². The molecule has 0 saturated carbocycles. The number of hydrogen-bond acceptors (Lipinski definition) is 9. The fraction of sp³-hybridized carbons (Fsp3) is 0.471. The first-order chi connectivity index (χ1) is 32.0. The summed E-state index contributed by atoms with van der Waals surface area (Å²) in [5.41, 5.74) is 7.56. The molecule has 67 heavy (non-hydrogen) atoms. The number of H-pyrrole nitrogens is 2. The Morgan fingerprint density at radius 2 is 1.04 bits per heavy atom. The summed E-state index contributed by atoms with van der Waals surface area (Å²) in [4.78, 5) is 85.9. The average Bonchev–Trinajstić information content (AvgIpc) is 4.14. The molecule has 0 aliphatic carbocycles. The number of methoxy groups -OCH3 is 2. The first-order valence-electron chi connectivity index (χ1n) is 23.3. The van der Waals surface area contributed by atoms with E-state index in [4.69, 9.17) is 19.4 Å². The molecule has 2 aromatic heterocycles. The standard InChI is InChI=1S/C51H65N9O7/c1-27(2)42(57-50(64)66-9)47(61)56-43(28(3)4)48(62)59-25-30(7)21-40(59)45-52-24-39(55-45)35-17-15-33(16-18-35)32-11-13-34(14-12-32)36-19-20-37-38(23-36)54-46(53-37)41-22-31(8)26-60(41)49(63)44(29(5)6)58-51(65)67-10/h11-20,23-24,27-31,40-44H,21-22,25-26H2,1-10H3,(H,52,55)(H,53,54)(H,56,61)(H,57,64)(H,58,65)/t30-,31-,40-,41-,42-,43-,44-/m0/s1. The number of ether oxygens (including phenoxy) is 2. The van der Waals surface area contributed by atoms with Gasteiger partial charge in [0, 0.05) is 24.8 Å². The number of imidazole rings is 2. The van der Waals surface area contributed by atoms with E-state index in [0.29, 0.717) is 18.9 Å². The van der Waals surface area contributed by atoms with Crippen LogP contribution in [-0.2, 0) is 23.9 Å². The highest BCUT2D eigenvalue weighted by Gasteiger charge is 2.42. The van der Waals surface area contributed by atoms with Crippen molar-refractivity contribution in [1.29, 1.82) is 0 Å². The summed E-state index contributed by atoms with van der Waals surface area (Å²) in [6.45, 7) is 16.6. The van der Waals surface area contributed by atoms with E-state index in [1.54, 1.807) is 0 Å². The van der Waals surface area contributed by atoms with Gasteiger partial charge in [-0.2, -0.15) is 0 Å². The Kier molecular flexibility index (Phi) is 14.7. The molecule has 3 aromatic carbocycles. The van der Waals surface area contributed by atoms with Crippen molar-refractivity contribution in [2.75, 3.05) is 27.3 Å². The molecular formula is C51H65N9O7. The maximum absolute atomic E-state index is 14.2. The van der Waals surface area contributed by atoms with Crippen LogP contribution in [0.4, 0.5) is 9.59 Å². The van der Waals surface area contributed by atoms with Crippen molar-refractivity contribution in [2.45, 2.75) is 98.4 Å². The molecule has 5 N–H and O–H groups in total. The number of alkyl carbamates (subject to hydrolysis) is 2. The summed E-state index contributed by atoms with van der Waals surface area (Å²) < 4.78 is 9.53. The lowest BCUT2D eigenvalue weighted by Crippen LogP contribution is -2.57. The quantitative estimate of drug-likeness (QED) is 0.0731. The molecule has 5 aromatic rings. The molecule has 0 unspecified atom stereocenters. The van der Waals surface area contributed by atoms with Crippen LogP contribution in [0.25, 0.3) is 44.5 Å². The number of nitrogens with one attached hydrogen (secondary N) is 5. The minimum Gasteiger partial charge on any atom is -0.453 e.